The lowest BCUT2D eigenvalue weighted by atomic mass is 9.70. The van der Waals surface area contributed by atoms with Crippen LogP contribution in [0.1, 0.15) is 76.8 Å². The summed E-state index contributed by atoms with van der Waals surface area (Å²) in [7, 11) is 0. The van der Waals surface area contributed by atoms with Gasteiger partial charge in [0.1, 0.15) is 0 Å². The number of nitrogens with one attached hydrogen (secondary N) is 1. The van der Waals surface area contributed by atoms with Gasteiger partial charge >= 0.3 is 0 Å². The third-order valence-corrected chi connectivity index (χ3v) is 5.03. The Bertz CT molecular complexity index is 410. The van der Waals surface area contributed by atoms with Crippen molar-refractivity contribution in [2.45, 2.75) is 78.2 Å². The van der Waals surface area contributed by atoms with Crippen molar-refractivity contribution in [3.63, 3.8) is 0 Å². The molecule has 1 aliphatic rings. The minimum absolute atomic E-state index is 0.488. The molecule has 0 atom stereocenters. The van der Waals surface area contributed by atoms with Crippen LogP contribution in [0.4, 0.5) is 0 Å². The molecular weight excluding hydrogens is 254 g/mol. The lowest BCUT2D eigenvalue weighted by molar-refractivity contribution is 0.176. The molecule has 0 heterocycles. The van der Waals surface area contributed by atoms with Crippen LogP contribution in [0.25, 0.3) is 0 Å². The molecule has 0 unspecified atom stereocenters. The van der Waals surface area contributed by atoms with E-state index in [4.69, 9.17) is 0 Å². The Balaban J connectivity index is 2.06. The summed E-state index contributed by atoms with van der Waals surface area (Å²) < 4.78 is 0. The molecule has 0 spiro atoms. The van der Waals surface area contributed by atoms with Gasteiger partial charge in [-0.15, -0.1) is 0 Å². The van der Waals surface area contributed by atoms with E-state index >= 15 is 0 Å². The highest BCUT2D eigenvalue weighted by molar-refractivity contribution is 5.25. The van der Waals surface area contributed by atoms with Crippen molar-refractivity contribution in [2.75, 3.05) is 6.54 Å². The van der Waals surface area contributed by atoms with Crippen molar-refractivity contribution >= 4 is 0 Å². The highest BCUT2D eigenvalue weighted by atomic mass is 14.9. The molecule has 2 rings (SSSR count). The van der Waals surface area contributed by atoms with Gasteiger partial charge in [0.05, 0.1) is 0 Å². The van der Waals surface area contributed by atoms with Gasteiger partial charge in [0.15, 0.2) is 0 Å². The summed E-state index contributed by atoms with van der Waals surface area (Å²) in [6, 6.07) is 9.97. The van der Waals surface area contributed by atoms with Crippen LogP contribution < -0.4 is 5.32 Å². The van der Waals surface area contributed by atoms with E-state index in [2.05, 4.69) is 57.3 Å². The first-order valence-corrected chi connectivity index (χ1v) is 8.83. The second-order valence-electron chi connectivity index (χ2n) is 7.67. The van der Waals surface area contributed by atoms with E-state index in [1.807, 2.05) is 0 Å². The molecule has 1 aromatic carbocycles. The van der Waals surface area contributed by atoms with Crippen LogP contribution in [0.5, 0.6) is 0 Å². The maximum atomic E-state index is 3.71. The van der Waals surface area contributed by atoms with Gasteiger partial charge in [-0.1, -0.05) is 71.2 Å². The molecule has 1 saturated carbocycles. The Morgan fingerprint density at radius 1 is 0.952 bits per heavy atom. The van der Waals surface area contributed by atoms with E-state index in [0.29, 0.717) is 17.4 Å². The molecule has 1 heteroatoms. The van der Waals surface area contributed by atoms with Crippen molar-refractivity contribution < 1.29 is 0 Å². The van der Waals surface area contributed by atoms with Crippen LogP contribution in [0.15, 0.2) is 24.3 Å². The summed E-state index contributed by atoms with van der Waals surface area (Å²) in [4.78, 5) is 0. The van der Waals surface area contributed by atoms with Crippen molar-refractivity contribution in [2.24, 2.45) is 5.41 Å². The topological polar surface area (TPSA) is 12.0 Å². The van der Waals surface area contributed by atoms with Crippen molar-refractivity contribution in [1.82, 2.24) is 5.32 Å². The van der Waals surface area contributed by atoms with Gasteiger partial charge in [0.2, 0.25) is 0 Å². The Labute approximate surface area is 131 Å². The van der Waals surface area contributed by atoms with Crippen molar-refractivity contribution in [3.05, 3.63) is 35.4 Å². The molecule has 1 fully saturated rings. The highest BCUT2D eigenvalue weighted by Gasteiger charge is 2.32. The predicted molar refractivity (Wildman–Crippen MR) is 92.9 cm³/mol. The van der Waals surface area contributed by atoms with Gasteiger partial charge < -0.3 is 5.32 Å². The molecule has 21 heavy (non-hydrogen) atoms. The number of rotatable bonds is 6. The molecule has 118 valence electrons. The first-order valence-electron chi connectivity index (χ1n) is 8.83. The van der Waals surface area contributed by atoms with Crippen LogP contribution in [-0.4, -0.2) is 12.6 Å². The maximum absolute atomic E-state index is 3.71. The largest absolute Gasteiger partial charge is 0.314 e. The maximum Gasteiger partial charge on any atom is 0.00134 e. The molecule has 1 aliphatic carbocycles. The van der Waals surface area contributed by atoms with Crippen LogP contribution >= 0.6 is 0 Å². The molecule has 0 bridgehead atoms. The van der Waals surface area contributed by atoms with E-state index < -0.39 is 0 Å². The Hall–Kier alpha value is -0.820. The average Bonchev–Trinajstić information content (AvgIpc) is 2.47. The second kappa shape index (κ2) is 7.45. The number of hydrogen-bond acceptors (Lipinski definition) is 1. The average molecular weight is 287 g/mol. The zero-order valence-electron chi connectivity index (χ0n) is 14.4. The van der Waals surface area contributed by atoms with Crippen LogP contribution in [0, 0.1) is 5.41 Å². The molecule has 1 nitrogen and oxygen atoms in total. The smallest absolute Gasteiger partial charge is 0.00134 e. The molecule has 0 radical (unpaired) electrons. The van der Waals surface area contributed by atoms with E-state index in [-0.39, 0.29) is 0 Å². The summed E-state index contributed by atoms with van der Waals surface area (Å²) in [6.45, 7) is 10.2. The summed E-state index contributed by atoms with van der Waals surface area (Å²) in [5, 5.41) is 3.71. The van der Waals surface area contributed by atoms with Gasteiger partial charge in [-0.3, -0.25) is 0 Å². The Kier molecular flexibility index (Phi) is 5.87. The van der Waals surface area contributed by atoms with Crippen LogP contribution in [0.3, 0.4) is 0 Å². The van der Waals surface area contributed by atoms with Gasteiger partial charge in [0.25, 0.3) is 0 Å². The fourth-order valence-corrected chi connectivity index (χ4v) is 3.59. The van der Waals surface area contributed by atoms with Gasteiger partial charge in [-0.05, 0) is 41.7 Å². The van der Waals surface area contributed by atoms with Crippen molar-refractivity contribution in [3.8, 4) is 0 Å². The van der Waals surface area contributed by atoms with E-state index in [9.17, 15) is 0 Å². The minimum atomic E-state index is 0.488. The fraction of sp³-hybridized carbons (Fsp3) is 0.700. The second-order valence-corrected chi connectivity index (χ2v) is 7.67. The molecule has 0 aromatic heterocycles. The van der Waals surface area contributed by atoms with Crippen molar-refractivity contribution in [1.29, 1.82) is 0 Å². The summed E-state index contributed by atoms with van der Waals surface area (Å²) in [5.74, 6) is 0.630. The molecule has 1 aromatic rings. The standard InChI is InChI=1S/C20H33N/c1-16(2)19-10-8-18(9-11-19)14-20(15-21-17(3)4)12-6-5-7-13-20/h8-11,16-17,21H,5-7,12-15H2,1-4H3. The lowest BCUT2D eigenvalue weighted by Gasteiger charge is -2.38. The van der Waals surface area contributed by atoms with E-state index in [0.717, 1.165) is 0 Å². The highest BCUT2D eigenvalue weighted by Crippen LogP contribution is 2.39. The monoisotopic (exact) mass is 287 g/mol. The predicted octanol–water partition coefficient (Wildman–Crippen LogP) is 5.30. The molecule has 0 aliphatic heterocycles. The normalized spacial score (nSPS) is 18.4. The Morgan fingerprint density at radius 3 is 2.10 bits per heavy atom. The van der Waals surface area contributed by atoms with E-state index in [1.165, 1.54) is 56.2 Å². The number of hydrogen-bond donors (Lipinski definition) is 1. The van der Waals surface area contributed by atoms with E-state index in [1.54, 1.807) is 0 Å². The quantitative estimate of drug-likeness (QED) is 0.748. The Morgan fingerprint density at radius 2 is 1.57 bits per heavy atom. The molecular formula is C20H33N. The van der Waals surface area contributed by atoms with Crippen LogP contribution in [-0.2, 0) is 6.42 Å². The van der Waals surface area contributed by atoms with Gasteiger partial charge in [0, 0.05) is 12.6 Å². The summed E-state index contributed by atoms with van der Waals surface area (Å²) in [6.07, 6.45) is 8.26. The van der Waals surface area contributed by atoms with Crippen LogP contribution in [0.2, 0.25) is 0 Å². The summed E-state index contributed by atoms with van der Waals surface area (Å²) >= 11 is 0. The zero-order valence-corrected chi connectivity index (χ0v) is 14.4. The molecule has 0 saturated heterocycles. The minimum Gasteiger partial charge on any atom is -0.314 e. The summed E-state index contributed by atoms with van der Waals surface area (Å²) in [5.41, 5.74) is 3.46. The zero-order chi connectivity index (χ0) is 15.3. The third-order valence-electron chi connectivity index (χ3n) is 5.03. The number of benzene rings is 1. The SMILES string of the molecule is CC(C)NCC1(Cc2ccc(C(C)C)cc2)CCCCC1. The van der Waals surface area contributed by atoms with Gasteiger partial charge in [-0.25, -0.2) is 0 Å². The third kappa shape index (κ3) is 4.85. The lowest BCUT2D eigenvalue weighted by Crippen LogP contribution is -2.40. The first kappa shape index (κ1) is 16.5. The fourth-order valence-electron chi connectivity index (χ4n) is 3.59. The molecule has 1 N–H and O–H groups in total. The van der Waals surface area contributed by atoms with Gasteiger partial charge in [-0.2, -0.15) is 0 Å². The first-order chi connectivity index (χ1) is 10.0. The molecule has 0 amide bonds.